The summed E-state index contributed by atoms with van der Waals surface area (Å²) in [6.45, 7) is 4.79. The standard InChI is InChI=1S/C24H25NO3/c1-18-9-6-7-14-23(18)28-16-19(2)25-24(26)21-12-8-13-22(15-21)27-17-20-10-4-3-5-11-20/h3-15,19H,16-17H2,1-2H3,(H,25,26)/t19-/m1/s1. The fourth-order valence-corrected chi connectivity index (χ4v) is 2.75. The number of hydrogen-bond acceptors (Lipinski definition) is 3. The monoisotopic (exact) mass is 375 g/mol. The Morgan fingerprint density at radius 3 is 2.46 bits per heavy atom. The van der Waals surface area contributed by atoms with Crippen molar-refractivity contribution in [2.45, 2.75) is 26.5 Å². The van der Waals surface area contributed by atoms with Gasteiger partial charge in [-0.2, -0.15) is 0 Å². The van der Waals surface area contributed by atoms with Crippen molar-refractivity contribution >= 4 is 5.91 Å². The fraction of sp³-hybridized carbons (Fsp3) is 0.208. The molecule has 1 N–H and O–H groups in total. The Labute approximate surface area is 166 Å². The van der Waals surface area contributed by atoms with E-state index in [-0.39, 0.29) is 11.9 Å². The number of ether oxygens (including phenoxy) is 2. The number of carbonyl (C=O) groups excluding carboxylic acids is 1. The lowest BCUT2D eigenvalue weighted by molar-refractivity contribution is 0.0926. The van der Waals surface area contributed by atoms with Crippen LogP contribution < -0.4 is 14.8 Å². The highest BCUT2D eigenvalue weighted by Gasteiger charge is 2.12. The van der Waals surface area contributed by atoms with Crippen LogP contribution in [0, 0.1) is 6.92 Å². The fourth-order valence-electron chi connectivity index (χ4n) is 2.75. The number of nitrogens with one attached hydrogen (secondary N) is 1. The van der Waals surface area contributed by atoms with E-state index >= 15 is 0 Å². The van der Waals surface area contributed by atoms with E-state index in [1.807, 2.05) is 80.6 Å². The van der Waals surface area contributed by atoms with Gasteiger partial charge < -0.3 is 14.8 Å². The molecule has 0 heterocycles. The molecular weight excluding hydrogens is 350 g/mol. The van der Waals surface area contributed by atoms with Gasteiger partial charge >= 0.3 is 0 Å². The van der Waals surface area contributed by atoms with E-state index in [4.69, 9.17) is 9.47 Å². The molecule has 28 heavy (non-hydrogen) atoms. The number of benzene rings is 3. The Kier molecular flexibility index (Phi) is 6.68. The molecule has 3 aromatic rings. The Balaban J connectivity index is 1.53. The molecule has 0 spiro atoms. The summed E-state index contributed by atoms with van der Waals surface area (Å²) in [5.41, 5.74) is 2.72. The largest absolute Gasteiger partial charge is 0.491 e. The minimum Gasteiger partial charge on any atom is -0.491 e. The van der Waals surface area contributed by atoms with Gasteiger partial charge in [-0.1, -0.05) is 54.6 Å². The maximum Gasteiger partial charge on any atom is 0.251 e. The van der Waals surface area contributed by atoms with Crippen LogP contribution in [0.2, 0.25) is 0 Å². The lowest BCUT2D eigenvalue weighted by atomic mass is 10.2. The Morgan fingerprint density at radius 2 is 1.68 bits per heavy atom. The molecule has 0 saturated carbocycles. The van der Waals surface area contributed by atoms with E-state index in [9.17, 15) is 4.79 Å². The molecule has 144 valence electrons. The van der Waals surface area contributed by atoms with E-state index in [1.54, 1.807) is 12.1 Å². The third-order valence-corrected chi connectivity index (χ3v) is 4.30. The molecule has 0 radical (unpaired) electrons. The van der Waals surface area contributed by atoms with Crippen molar-refractivity contribution in [3.63, 3.8) is 0 Å². The van der Waals surface area contributed by atoms with Crippen LogP contribution in [0.1, 0.15) is 28.4 Å². The summed E-state index contributed by atoms with van der Waals surface area (Å²) >= 11 is 0. The minimum atomic E-state index is -0.147. The molecule has 0 aliphatic carbocycles. The molecule has 0 saturated heterocycles. The summed E-state index contributed by atoms with van der Waals surface area (Å²) < 4.78 is 11.6. The number of aryl methyl sites for hydroxylation is 1. The van der Waals surface area contributed by atoms with Gasteiger partial charge in [0.05, 0.1) is 6.04 Å². The average Bonchev–Trinajstić information content (AvgIpc) is 2.72. The van der Waals surface area contributed by atoms with Crippen LogP contribution in [0.5, 0.6) is 11.5 Å². The van der Waals surface area contributed by atoms with Gasteiger partial charge in [0.1, 0.15) is 24.7 Å². The average molecular weight is 375 g/mol. The molecule has 1 amide bonds. The van der Waals surface area contributed by atoms with E-state index in [0.717, 1.165) is 16.9 Å². The lowest BCUT2D eigenvalue weighted by Gasteiger charge is -2.16. The number of rotatable bonds is 8. The predicted octanol–water partition coefficient (Wildman–Crippen LogP) is 4.77. The third-order valence-electron chi connectivity index (χ3n) is 4.30. The summed E-state index contributed by atoms with van der Waals surface area (Å²) in [5.74, 6) is 1.35. The molecule has 3 rings (SSSR count). The summed E-state index contributed by atoms with van der Waals surface area (Å²) in [7, 11) is 0. The molecule has 1 atom stereocenters. The van der Waals surface area contributed by atoms with Crippen LogP contribution in [-0.4, -0.2) is 18.6 Å². The normalized spacial score (nSPS) is 11.5. The summed E-state index contributed by atoms with van der Waals surface area (Å²) in [4.78, 5) is 12.5. The summed E-state index contributed by atoms with van der Waals surface area (Å²) in [6.07, 6.45) is 0. The van der Waals surface area contributed by atoms with Crippen LogP contribution >= 0.6 is 0 Å². The quantitative estimate of drug-likeness (QED) is 0.617. The smallest absolute Gasteiger partial charge is 0.251 e. The first-order valence-corrected chi connectivity index (χ1v) is 9.38. The molecule has 0 aliphatic rings. The van der Waals surface area contributed by atoms with E-state index < -0.39 is 0 Å². The van der Waals surface area contributed by atoms with Crippen LogP contribution in [0.3, 0.4) is 0 Å². The van der Waals surface area contributed by atoms with E-state index in [1.165, 1.54) is 0 Å². The topological polar surface area (TPSA) is 47.6 Å². The Bertz CT molecular complexity index is 908. The number of amides is 1. The Morgan fingerprint density at radius 1 is 0.929 bits per heavy atom. The summed E-state index contributed by atoms with van der Waals surface area (Å²) in [6, 6.07) is 24.9. The summed E-state index contributed by atoms with van der Waals surface area (Å²) in [5, 5.41) is 2.97. The highest BCUT2D eigenvalue weighted by atomic mass is 16.5. The molecule has 0 aromatic heterocycles. The van der Waals surface area contributed by atoms with E-state index in [2.05, 4.69) is 5.32 Å². The van der Waals surface area contributed by atoms with Gasteiger partial charge in [-0.25, -0.2) is 0 Å². The van der Waals surface area contributed by atoms with Crippen molar-refractivity contribution in [3.05, 3.63) is 95.6 Å². The van der Waals surface area contributed by atoms with Crippen molar-refractivity contribution in [1.29, 1.82) is 0 Å². The predicted molar refractivity (Wildman–Crippen MR) is 111 cm³/mol. The molecule has 0 fully saturated rings. The first-order chi connectivity index (χ1) is 13.6. The molecule has 4 nitrogen and oxygen atoms in total. The zero-order valence-electron chi connectivity index (χ0n) is 16.2. The second kappa shape index (κ2) is 9.60. The zero-order chi connectivity index (χ0) is 19.8. The highest BCUT2D eigenvalue weighted by Crippen LogP contribution is 2.17. The van der Waals surface area contributed by atoms with Gasteiger partial charge in [0.25, 0.3) is 5.91 Å². The number of hydrogen-bond donors (Lipinski definition) is 1. The maximum atomic E-state index is 12.5. The lowest BCUT2D eigenvalue weighted by Crippen LogP contribution is -2.36. The highest BCUT2D eigenvalue weighted by molar-refractivity contribution is 5.94. The van der Waals surface area contributed by atoms with Crippen molar-refractivity contribution in [1.82, 2.24) is 5.32 Å². The maximum absolute atomic E-state index is 12.5. The zero-order valence-corrected chi connectivity index (χ0v) is 16.2. The number of para-hydroxylation sites is 1. The van der Waals surface area contributed by atoms with Crippen LogP contribution in [-0.2, 0) is 6.61 Å². The molecular formula is C24H25NO3. The van der Waals surface area contributed by atoms with Gasteiger partial charge in [-0.15, -0.1) is 0 Å². The molecule has 3 aromatic carbocycles. The first kappa shape index (κ1) is 19.5. The van der Waals surface area contributed by atoms with Gasteiger partial charge in [-0.3, -0.25) is 4.79 Å². The van der Waals surface area contributed by atoms with Crippen molar-refractivity contribution < 1.29 is 14.3 Å². The van der Waals surface area contributed by atoms with Gasteiger partial charge in [0, 0.05) is 5.56 Å². The van der Waals surface area contributed by atoms with Crippen LogP contribution in [0.4, 0.5) is 0 Å². The number of carbonyl (C=O) groups is 1. The van der Waals surface area contributed by atoms with Crippen molar-refractivity contribution in [2.24, 2.45) is 0 Å². The van der Waals surface area contributed by atoms with Gasteiger partial charge in [-0.05, 0) is 49.2 Å². The van der Waals surface area contributed by atoms with Crippen molar-refractivity contribution in [2.75, 3.05) is 6.61 Å². The molecule has 0 aliphatic heterocycles. The molecule has 4 heteroatoms. The third kappa shape index (κ3) is 5.61. The van der Waals surface area contributed by atoms with Crippen LogP contribution in [0.15, 0.2) is 78.9 Å². The second-order valence-corrected chi connectivity index (χ2v) is 6.75. The van der Waals surface area contributed by atoms with E-state index in [0.29, 0.717) is 24.5 Å². The SMILES string of the molecule is Cc1ccccc1OC[C@@H](C)NC(=O)c1cccc(OCc2ccccc2)c1. The first-order valence-electron chi connectivity index (χ1n) is 9.38. The molecule has 0 unspecified atom stereocenters. The van der Waals surface area contributed by atoms with Gasteiger partial charge in [0.15, 0.2) is 0 Å². The molecule has 0 bridgehead atoms. The Hall–Kier alpha value is -3.27. The minimum absolute atomic E-state index is 0.124. The van der Waals surface area contributed by atoms with Gasteiger partial charge in [0.2, 0.25) is 0 Å². The second-order valence-electron chi connectivity index (χ2n) is 6.75. The van der Waals surface area contributed by atoms with Crippen LogP contribution in [0.25, 0.3) is 0 Å². The van der Waals surface area contributed by atoms with Crippen molar-refractivity contribution in [3.8, 4) is 11.5 Å².